The van der Waals surface area contributed by atoms with Gasteiger partial charge in [0.05, 0.1) is 5.56 Å². The van der Waals surface area contributed by atoms with Crippen LogP contribution in [-0.4, -0.2) is 12.5 Å². The van der Waals surface area contributed by atoms with Crippen LogP contribution in [0.3, 0.4) is 0 Å². The summed E-state index contributed by atoms with van der Waals surface area (Å²) < 4.78 is 5.26. The molecule has 0 saturated carbocycles. The number of ether oxygens (including phenoxy) is 1. The highest BCUT2D eigenvalue weighted by molar-refractivity contribution is 6.31. The zero-order valence-corrected chi connectivity index (χ0v) is 8.97. The Bertz CT molecular complexity index is 432. The first-order chi connectivity index (χ1) is 7.15. The van der Waals surface area contributed by atoms with E-state index in [1.807, 2.05) is 0 Å². The number of hydrogen-bond donors (Lipinski definition) is 1. The summed E-state index contributed by atoms with van der Waals surface area (Å²) in [5.41, 5.74) is 5.44. The molecule has 2 N–H and O–H groups in total. The minimum Gasteiger partial charge on any atom is -0.480 e. The minimum absolute atomic E-state index is 0.221. The van der Waals surface area contributed by atoms with Crippen molar-refractivity contribution in [2.24, 2.45) is 5.73 Å². The van der Waals surface area contributed by atoms with Crippen LogP contribution in [0.1, 0.15) is 17.3 Å². The van der Waals surface area contributed by atoms with E-state index in [2.05, 4.69) is 11.8 Å². The highest BCUT2D eigenvalue weighted by Gasteiger charge is 2.09. The Kier molecular flexibility index (Phi) is 4.02. The summed E-state index contributed by atoms with van der Waals surface area (Å²) in [6, 6.07) is 4.70. The molecule has 0 spiro atoms. The quantitative estimate of drug-likeness (QED) is 0.795. The molecule has 0 atom stereocenters. The van der Waals surface area contributed by atoms with Crippen LogP contribution in [-0.2, 0) is 0 Å². The number of hydrogen-bond acceptors (Lipinski definition) is 2. The van der Waals surface area contributed by atoms with Crippen molar-refractivity contribution in [3.63, 3.8) is 0 Å². The molecule has 0 aliphatic rings. The Morgan fingerprint density at radius 1 is 1.60 bits per heavy atom. The molecule has 1 rings (SSSR count). The van der Waals surface area contributed by atoms with Crippen LogP contribution in [0.25, 0.3) is 0 Å². The topological polar surface area (TPSA) is 52.3 Å². The lowest BCUT2D eigenvalue weighted by atomic mass is 10.2. The normalized spacial score (nSPS) is 8.93. The van der Waals surface area contributed by atoms with Gasteiger partial charge in [0.25, 0.3) is 5.91 Å². The van der Waals surface area contributed by atoms with Crippen LogP contribution >= 0.6 is 11.6 Å². The molecule has 0 aliphatic heterocycles. The molecule has 0 aromatic heterocycles. The summed E-state index contributed by atoms with van der Waals surface area (Å²) in [6.07, 6.45) is 0. The fraction of sp³-hybridized carbons (Fsp3) is 0.182. The van der Waals surface area contributed by atoms with Gasteiger partial charge in [0.15, 0.2) is 0 Å². The van der Waals surface area contributed by atoms with E-state index in [-0.39, 0.29) is 12.2 Å². The summed E-state index contributed by atoms with van der Waals surface area (Å²) in [5, 5.41) is 0.442. The van der Waals surface area contributed by atoms with Gasteiger partial charge < -0.3 is 10.5 Å². The maximum absolute atomic E-state index is 11.1. The van der Waals surface area contributed by atoms with Gasteiger partial charge >= 0.3 is 0 Å². The van der Waals surface area contributed by atoms with E-state index in [1.54, 1.807) is 19.1 Å². The van der Waals surface area contributed by atoms with Crippen LogP contribution < -0.4 is 10.5 Å². The van der Waals surface area contributed by atoms with Gasteiger partial charge in [-0.25, -0.2) is 0 Å². The van der Waals surface area contributed by atoms with Crippen molar-refractivity contribution in [1.82, 2.24) is 0 Å². The predicted octanol–water partition coefficient (Wildman–Crippen LogP) is 1.84. The Labute approximate surface area is 93.2 Å². The van der Waals surface area contributed by atoms with Gasteiger partial charge in [0, 0.05) is 5.02 Å². The SMILES string of the molecule is CC#CCOc1ccc(Cl)cc1C(N)=O. The second-order valence-electron chi connectivity index (χ2n) is 2.72. The van der Waals surface area contributed by atoms with E-state index in [9.17, 15) is 4.79 Å². The molecule has 0 aliphatic carbocycles. The standard InChI is InChI=1S/C11H10ClNO2/c1-2-3-6-15-10-5-4-8(12)7-9(10)11(13)14/h4-5,7H,6H2,1H3,(H2,13,14). The summed E-state index contributed by atoms with van der Waals surface area (Å²) in [4.78, 5) is 11.1. The third-order valence-corrected chi connectivity index (χ3v) is 1.92. The van der Waals surface area contributed by atoms with Crippen LogP contribution in [0, 0.1) is 11.8 Å². The van der Waals surface area contributed by atoms with E-state index < -0.39 is 5.91 Å². The molecule has 0 bridgehead atoms. The van der Waals surface area contributed by atoms with E-state index in [0.717, 1.165) is 0 Å². The summed E-state index contributed by atoms with van der Waals surface area (Å²) >= 11 is 5.73. The van der Waals surface area contributed by atoms with Crippen molar-refractivity contribution >= 4 is 17.5 Å². The Hall–Kier alpha value is -1.66. The summed E-state index contributed by atoms with van der Waals surface area (Å²) in [5.74, 6) is 5.23. The lowest BCUT2D eigenvalue weighted by Gasteiger charge is -2.06. The maximum Gasteiger partial charge on any atom is 0.252 e. The number of halogens is 1. The van der Waals surface area contributed by atoms with Crippen molar-refractivity contribution in [2.45, 2.75) is 6.92 Å². The Morgan fingerprint density at radius 3 is 2.93 bits per heavy atom. The summed E-state index contributed by atoms with van der Waals surface area (Å²) in [7, 11) is 0. The van der Waals surface area contributed by atoms with Crippen LogP contribution in [0.15, 0.2) is 18.2 Å². The molecule has 15 heavy (non-hydrogen) atoms. The second kappa shape index (κ2) is 5.28. The number of amides is 1. The monoisotopic (exact) mass is 223 g/mol. The maximum atomic E-state index is 11.1. The van der Waals surface area contributed by atoms with Crippen molar-refractivity contribution in [2.75, 3.05) is 6.61 Å². The minimum atomic E-state index is -0.572. The number of benzene rings is 1. The van der Waals surface area contributed by atoms with Crippen molar-refractivity contribution in [3.05, 3.63) is 28.8 Å². The van der Waals surface area contributed by atoms with Crippen molar-refractivity contribution in [3.8, 4) is 17.6 Å². The first-order valence-corrected chi connectivity index (χ1v) is 4.64. The van der Waals surface area contributed by atoms with Crippen LogP contribution in [0.5, 0.6) is 5.75 Å². The number of nitrogens with two attached hydrogens (primary N) is 1. The molecule has 1 aromatic carbocycles. The van der Waals surface area contributed by atoms with Gasteiger partial charge in [-0.1, -0.05) is 17.5 Å². The van der Waals surface area contributed by atoms with Crippen molar-refractivity contribution < 1.29 is 9.53 Å². The largest absolute Gasteiger partial charge is 0.480 e. The van der Waals surface area contributed by atoms with Gasteiger partial charge in [0.1, 0.15) is 12.4 Å². The highest BCUT2D eigenvalue weighted by Crippen LogP contribution is 2.22. The highest BCUT2D eigenvalue weighted by atomic mass is 35.5. The third-order valence-electron chi connectivity index (χ3n) is 1.68. The Morgan fingerprint density at radius 2 is 2.33 bits per heavy atom. The molecular weight excluding hydrogens is 214 g/mol. The molecule has 78 valence electrons. The van der Waals surface area contributed by atoms with Crippen LogP contribution in [0.2, 0.25) is 5.02 Å². The molecule has 0 radical (unpaired) electrons. The van der Waals surface area contributed by atoms with Gasteiger partial charge in [0.2, 0.25) is 0 Å². The molecule has 0 saturated heterocycles. The molecule has 0 heterocycles. The van der Waals surface area contributed by atoms with E-state index in [4.69, 9.17) is 22.1 Å². The Balaban J connectivity index is 2.94. The third kappa shape index (κ3) is 3.19. The lowest BCUT2D eigenvalue weighted by Crippen LogP contribution is -2.13. The van der Waals surface area contributed by atoms with E-state index >= 15 is 0 Å². The first kappa shape index (κ1) is 11.4. The average molecular weight is 224 g/mol. The average Bonchev–Trinajstić information content (AvgIpc) is 2.20. The molecule has 4 heteroatoms. The molecule has 0 unspecified atom stereocenters. The zero-order valence-electron chi connectivity index (χ0n) is 8.21. The number of carbonyl (C=O) groups excluding carboxylic acids is 1. The van der Waals surface area contributed by atoms with Crippen LogP contribution in [0.4, 0.5) is 0 Å². The predicted molar refractivity (Wildman–Crippen MR) is 58.9 cm³/mol. The smallest absolute Gasteiger partial charge is 0.252 e. The molecular formula is C11H10ClNO2. The lowest BCUT2D eigenvalue weighted by molar-refractivity contribution is 0.0997. The first-order valence-electron chi connectivity index (χ1n) is 4.27. The van der Waals surface area contributed by atoms with Crippen molar-refractivity contribution in [1.29, 1.82) is 0 Å². The summed E-state index contributed by atoms with van der Waals surface area (Å²) in [6.45, 7) is 1.93. The fourth-order valence-corrected chi connectivity index (χ4v) is 1.18. The molecule has 3 nitrogen and oxygen atoms in total. The number of carbonyl (C=O) groups is 1. The van der Waals surface area contributed by atoms with E-state index in [0.29, 0.717) is 10.8 Å². The fourth-order valence-electron chi connectivity index (χ4n) is 1.01. The second-order valence-corrected chi connectivity index (χ2v) is 3.16. The van der Waals surface area contributed by atoms with Gasteiger partial charge in [-0.05, 0) is 25.1 Å². The molecule has 1 amide bonds. The van der Waals surface area contributed by atoms with Gasteiger partial charge in [-0.15, -0.1) is 5.92 Å². The number of rotatable bonds is 3. The molecule has 1 aromatic rings. The van der Waals surface area contributed by atoms with Gasteiger partial charge in [-0.2, -0.15) is 0 Å². The van der Waals surface area contributed by atoms with E-state index in [1.165, 1.54) is 6.07 Å². The van der Waals surface area contributed by atoms with Gasteiger partial charge in [-0.3, -0.25) is 4.79 Å². The molecule has 0 fully saturated rings. The number of primary amides is 1. The zero-order chi connectivity index (χ0) is 11.3.